The maximum Gasteiger partial charge on any atom is 0.255 e. The lowest BCUT2D eigenvalue weighted by Crippen LogP contribution is -2.60. The normalized spacial score (nSPS) is 21.0. The molecule has 4 nitrogen and oxygen atoms in total. The van der Waals surface area contributed by atoms with Crippen LogP contribution in [0.15, 0.2) is 54.6 Å². The molecule has 0 saturated carbocycles. The predicted molar refractivity (Wildman–Crippen MR) is 115 cm³/mol. The number of nitrogens with zero attached hydrogens (tertiary/aromatic N) is 1. The van der Waals surface area contributed by atoms with Gasteiger partial charge in [-0.05, 0) is 60.2 Å². The molecular formula is C25H22F2N2O2. The number of carbonyl (C=O) groups excluding carboxylic acids is 2. The predicted octanol–water partition coefficient (Wildman–Crippen LogP) is 4.67. The Kier molecular flexibility index (Phi) is 4.73. The lowest BCUT2D eigenvalue weighted by Gasteiger charge is -2.40. The summed E-state index contributed by atoms with van der Waals surface area (Å²) in [4.78, 5) is 28.1. The van der Waals surface area contributed by atoms with Gasteiger partial charge in [-0.1, -0.05) is 30.3 Å². The van der Waals surface area contributed by atoms with Crippen LogP contribution in [0, 0.1) is 11.6 Å². The summed E-state index contributed by atoms with van der Waals surface area (Å²) in [7, 11) is 0. The second kappa shape index (κ2) is 7.45. The Bertz CT molecular complexity index is 1210. The van der Waals surface area contributed by atoms with Crippen molar-refractivity contribution < 1.29 is 18.4 Å². The van der Waals surface area contributed by atoms with E-state index >= 15 is 0 Å². The number of rotatable bonds is 2. The molecule has 1 spiro atoms. The highest BCUT2D eigenvalue weighted by Crippen LogP contribution is 2.38. The molecule has 2 fully saturated rings. The van der Waals surface area contributed by atoms with Gasteiger partial charge >= 0.3 is 0 Å². The van der Waals surface area contributed by atoms with E-state index in [1.165, 1.54) is 12.1 Å². The largest absolute Gasteiger partial charge is 0.354 e. The summed E-state index contributed by atoms with van der Waals surface area (Å²) in [6.07, 6.45) is 2.97. The zero-order chi connectivity index (χ0) is 21.6. The molecule has 0 aromatic heterocycles. The fraction of sp³-hybridized carbons (Fsp3) is 0.280. The van der Waals surface area contributed by atoms with Crippen molar-refractivity contribution in [3.05, 3.63) is 71.8 Å². The number of amides is 2. The summed E-state index contributed by atoms with van der Waals surface area (Å²) < 4.78 is 27.9. The Balaban J connectivity index is 1.61. The molecule has 1 N–H and O–H groups in total. The van der Waals surface area contributed by atoms with Gasteiger partial charge in [-0.25, -0.2) is 8.78 Å². The van der Waals surface area contributed by atoms with Crippen molar-refractivity contribution in [3.8, 4) is 11.1 Å². The molecule has 0 bridgehead atoms. The van der Waals surface area contributed by atoms with E-state index in [0.29, 0.717) is 47.8 Å². The molecule has 2 aliphatic rings. The quantitative estimate of drug-likeness (QED) is 0.655. The van der Waals surface area contributed by atoms with Gasteiger partial charge in [0.2, 0.25) is 5.91 Å². The van der Waals surface area contributed by atoms with E-state index in [0.717, 1.165) is 18.9 Å². The molecule has 2 aliphatic heterocycles. The standard InChI is InChI=1S/C25H22F2N2O2/c26-16-9-10-20(22(27)15-16)18-6-1-7-19-17(18)5-2-8-21(19)23(30)29-14-4-12-25(29)11-3-13-28-24(25)31/h1-2,5-10,15H,3-4,11-14H2,(H,28,31). The first-order valence-electron chi connectivity index (χ1n) is 10.6. The van der Waals surface area contributed by atoms with Crippen LogP contribution in [0.25, 0.3) is 21.9 Å². The highest BCUT2D eigenvalue weighted by Gasteiger charge is 2.50. The van der Waals surface area contributed by atoms with Crippen molar-refractivity contribution in [3.63, 3.8) is 0 Å². The second-order valence-electron chi connectivity index (χ2n) is 8.28. The minimum Gasteiger partial charge on any atom is -0.354 e. The number of halogens is 2. The van der Waals surface area contributed by atoms with Gasteiger partial charge in [0, 0.05) is 30.3 Å². The first kappa shape index (κ1) is 19.7. The molecule has 2 amide bonds. The van der Waals surface area contributed by atoms with Gasteiger partial charge in [-0.3, -0.25) is 9.59 Å². The number of hydrogen-bond acceptors (Lipinski definition) is 2. The third kappa shape index (κ3) is 3.09. The van der Waals surface area contributed by atoms with Crippen LogP contribution in [-0.2, 0) is 4.79 Å². The molecule has 158 valence electrons. The van der Waals surface area contributed by atoms with Crippen molar-refractivity contribution >= 4 is 22.6 Å². The van der Waals surface area contributed by atoms with Gasteiger partial charge in [-0.2, -0.15) is 0 Å². The molecule has 3 aromatic rings. The van der Waals surface area contributed by atoms with Gasteiger partial charge in [-0.15, -0.1) is 0 Å². The number of piperidine rings is 1. The van der Waals surface area contributed by atoms with Crippen LogP contribution >= 0.6 is 0 Å². The zero-order valence-corrected chi connectivity index (χ0v) is 17.0. The molecule has 0 aliphatic carbocycles. The number of fused-ring (bicyclic) bond motifs is 1. The van der Waals surface area contributed by atoms with Gasteiger partial charge in [0.05, 0.1) is 0 Å². The first-order chi connectivity index (χ1) is 15.0. The van der Waals surface area contributed by atoms with Crippen LogP contribution in [0.4, 0.5) is 8.78 Å². The van der Waals surface area contributed by atoms with E-state index in [1.807, 2.05) is 12.1 Å². The summed E-state index contributed by atoms with van der Waals surface area (Å²) in [6.45, 7) is 1.18. The van der Waals surface area contributed by atoms with E-state index < -0.39 is 17.2 Å². The van der Waals surface area contributed by atoms with Crippen molar-refractivity contribution in [2.75, 3.05) is 13.1 Å². The molecule has 2 heterocycles. The summed E-state index contributed by atoms with van der Waals surface area (Å²) in [6, 6.07) is 14.2. The molecule has 1 unspecified atom stereocenters. The van der Waals surface area contributed by atoms with E-state index in [4.69, 9.17) is 0 Å². The van der Waals surface area contributed by atoms with E-state index in [2.05, 4.69) is 5.32 Å². The smallest absolute Gasteiger partial charge is 0.255 e. The molecule has 6 heteroatoms. The number of nitrogens with one attached hydrogen (secondary N) is 1. The average Bonchev–Trinajstić information content (AvgIpc) is 3.19. The van der Waals surface area contributed by atoms with Gasteiger partial charge in [0.1, 0.15) is 17.2 Å². The summed E-state index contributed by atoms with van der Waals surface area (Å²) in [5.74, 6) is -1.54. The first-order valence-corrected chi connectivity index (χ1v) is 10.6. The number of benzene rings is 3. The number of hydrogen-bond donors (Lipinski definition) is 1. The highest BCUT2D eigenvalue weighted by atomic mass is 19.1. The number of carbonyl (C=O) groups is 2. The van der Waals surface area contributed by atoms with E-state index in [-0.39, 0.29) is 17.4 Å². The van der Waals surface area contributed by atoms with Crippen molar-refractivity contribution in [2.24, 2.45) is 0 Å². The van der Waals surface area contributed by atoms with E-state index in [1.54, 1.807) is 29.2 Å². The lowest BCUT2D eigenvalue weighted by molar-refractivity contribution is -0.133. The molecule has 1 atom stereocenters. The summed E-state index contributed by atoms with van der Waals surface area (Å²) in [5.41, 5.74) is 0.580. The van der Waals surface area contributed by atoms with Gasteiger partial charge in [0.15, 0.2) is 0 Å². The Labute approximate surface area is 178 Å². The molecule has 0 radical (unpaired) electrons. The van der Waals surface area contributed by atoms with E-state index in [9.17, 15) is 18.4 Å². The van der Waals surface area contributed by atoms with Crippen LogP contribution in [0.3, 0.4) is 0 Å². The van der Waals surface area contributed by atoms with Crippen molar-refractivity contribution in [1.29, 1.82) is 0 Å². The highest BCUT2D eigenvalue weighted by molar-refractivity contribution is 6.11. The lowest BCUT2D eigenvalue weighted by atomic mass is 9.86. The Morgan fingerprint density at radius 3 is 2.52 bits per heavy atom. The topological polar surface area (TPSA) is 49.4 Å². The third-order valence-electron chi connectivity index (χ3n) is 6.58. The molecule has 2 saturated heterocycles. The molecule has 31 heavy (non-hydrogen) atoms. The van der Waals surface area contributed by atoms with Crippen LogP contribution in [0.1, 0.15) is 36.0 Å². The van der Waals surface area contributed by atoms with Crippen LogP contribution < -0.4 is 5.32 Å². The van der Waals surface area contributed by atoms with Crippen LogP contribution in [0.5, 0.6) is 0 Å². The van der Waals surface area contributed by atoms with Gasteiger partial charge in [0.25, 0.3) is 5.91 Å². The Morgan fingerprint density at radius 2 is 1.71 bits per heavy atom. The fourth-order valence-corrected chi connectivity index (χ4v) is 5.12. The third-order valence-corrected chi connectivity index (χ3v) is 6.58. The Morgan fingerprint density at radius 1 is 0.935 bits per heavy atom. The van der Waals surface area contributed by atoms with Crippen LogP contribution in [-0.4, -0.2) is 35.3 Å². The SMILES string of the molecule is O=C(c1cccc2c(-c3ccc(F)cc3F)cccc12)N1CCCC12CCCNC2=O. The molecule has 5 rings (SSSR count). The molecule has 3 aromatic carbocycles. The fourth-order valence-electron chi connectivity index (χ4n) is 5.12. The zero-order valence-electron chi connectivity index (χ0n) is 17.0. The Hall–Kier alpha value is -3.28. The van der Waals surface area contributed by atoms with Gasteiger partial charge < -0.3 is 10.2 Å². The minimum atomic E-state index is -0.780. The maximum atomic E-state index is 14.5. The molecular weight excluding hydrogens is 398 g/mol. The second-order valence-corrected chi connectivity index (χ2v) is 8.28. The summed E-state index contributed by atoms with van der Waals surface area (Å²) in [5, 5.41) is 4.32. The maximum absolute atomic E-state index is 14.5. The minimum absolute atomic E-state index is 0.0705. The monoisotopic (exact) mass is 420 g/mol. The average molecular weight is 420 g/mol. The summed E-state index contributed by atoms with van der Waals surface area (Å²) >= 11 is 0. The van der Waals surface area contributed by atoms with Crippen LogP contribution in [0.2, 0.25) is 0 Å². The van der Waals surface area contributed by atoms with Crippen molar-refractivity contribution in [1.82, 2.24) is 10.2 Å². The number of likely N-dealkylation sites (tertiary alicyclic amines) is 1. The van der Waals surface area contributed by atoms with Crippen molar-refractivity contribution in [2.45, 2.75) is 31.2 Å².